The van der Waals surface area contributed by atoms with Crippen LogP contribution in [0.2, 0.25) is 0 Å². The zero-order valence-electron chi connectivity index (χ0n) is 8.26. The van der Waals surface area contributed by atoms with E-state index in [1.54, 1.807) is 0 Å². The van der Waals surface area contributed by atoms with Gasteiger partial charge in [-0.3, -0.25) is 0 Å². The SMILES string of the molecule is NCCNOC(=O)O.[H-].[H-].[Na+].[Na+]. The molecule has 5 nitrogen and oxygen atoms in total. The Morgan fingerprint density at radius 3 is 2.50 bits per heavy atom. The molecule has 0 saturated carbocycles. The van der Waals surface area contributed by atoms with Crippen molar-refractivity contribution in [2.24, 2.45) is 5.73 Å². The monoisotopic (exact) mass is 168 g/mol. The van der Waals surface area contributed by atoms with E-state index in [1.807, 2.05) is 0 Å². The fourth-order valence-electron chi connectivity index (χ4n) is 0.172. The molecular weight excluding hydrogens is 158 g/mol. The maximum Gasteiger partial charge on any atom is 1.00 e. The summed E-state index contributed by atoms with van der Waals surface area (Å²) in [6.07, 6.45) is -1.35. The molecule has 0 heterocycles. The summed E-state index contributed by atoms with van der Waals surface area (Å²) in [4.78, 5) is 13.4. The number of hydrogen-bond acceptors (Lipinski definition) is 4. The average Bonchev–Trinajstić information content (AvgIpc) is 1.66. The summed E-state index contributed by atoms with van der Waals surface area (Å²) in [5, 5.41) is 7.81. The molecular formula is C3H10N2Na2O3. The molecule has 0 aliphatic rings. The van der Waals surface area contributed by atoms with Crippen LogP contribution in [0, 0.1) is 0 Å². The Morgan fingerprint density at radius 1 is 1.70 bits per heavy atom. The molecule has 0 fully saturated rings. The van der Waals surface area contributed by atoms with Crippen molar-refractivity contribution < 1.29 is 76.7 Å². The number of rotatable bonds is 3. The average molecular weight is 168 g/mol. The summed E-state index contributed by atoms with van der Waals surface area (Å²) in [5.74, 6) is 0. The molecule has 0 aromatic rings. The molecule has 0 unspecified atom stereocenters. The summed E-state index contributed by atoms with van der Waals surface area (Å²) in [7, 11) is 0. The van der Waals surface area contributed by atoms with Crippen molar-refractivity contribution >= 4 is 6.16 Å². The van der Waals surface area contributed by atoms with E-state index in [0.717, 1.165) is 0 Å². The first-order chi connectivity index (χ1) is 3.77. The largest absolute Gasteiger partial charge is 1.00 e. The third-order valence-corrected chi connectivity index (χ3v) is 0.406. The number of nitrogens with two attached hydrogens (primary N) is 1. The molecule has 0 radical (unpaired) electrons. The second-order valence-corrected chi connectivity index (χ2v) is 1.05. The van der Waals surface area contributed by atoms with Gasteiger partial charge in [-0.1, -0.05) is 0 Å². The van der Waals surface area contributed by atoms with Crippen molar-refractivity contribution in [1.82, 2.24) is 5.48 Å². The molecule has 10 heavy (non-hydrogen) atoms. The van der Waals surface area contributed by atoms with E-state index in [-0.39, 0.29) is 62.0 Å². The van der Waals surface area contributed by atoms with E-state index in [9.17, 15) is 4.79 Å². The molecule has 0 saturated heterocycles. The smallest absolute Gasteiger partial charge is 1.00 e. The Morgan fingerprint density at radius 2 is 2.20 bits per heavy atom. The molecule has 0 aliphatic heterocycles. The van der Waals surface area contributed by atoms with Gasteiger partial charge < -0.3 is 18.5 Å². The van der Waals surface area contributed by atoms with Crippen LogP contribution in [0.4, 0.5) is 4.79 Å². The minimum absolute atomic E-state index is 0. The second-order valence-electron chi connectivity index (χ2n) is 1.05. The number of hydrogen-bond donors (Lipinski definition) is 3. The summed E-state index contributed by atoms with van der Waals surface area (Å²) < 4.78 is 0. The van der Waals surface area contributed by atoms with Crippen molar-refractivity contribution in [2.45, 2.75) is 0 Å². The van der Waals surface area contributed by atoms with Gasteiger partial charge in [-0.2, -0.15) is 0 Å². The fourth-order valence-corrected chi connectivity index (χ4v) is 0.172. The quantitative estimate of drug-likeness (QED) is 0.221. The predicted octanol–water partition coefficient (Wildman–Crippen LogP) is -6.62. The number of carbonyl (C=O) groups is 1. The second kappa shape index (κ2) is 12.8. The van der Waals surface area contributed by atoms with Crippen molar-refractivity contribution in [3.8, 4) is 0 Å². The third kappa shape index (κ3) is 16.1. The van der Waals surface area contributed by atoms with Crippen LogP contribution in [-0.2, 0) is 4.84 Å². The minimum atomic E-state index is -1.35. The molecule has 7 heteroatoms. The molecule has 4 N–H and O–H groups in total. The van der Waals surface area contributed by atoms with Crippen molar-refractivity contribution in [2.75, 3.05) is 13.1 Å². The maximum absolute atomic E-state index is 9.55. The molecule has 0 spiro atoms. The molecule has 0 aromatic carbocycles. The van der Waals surface area contributed by atoms with E-state index in [4.69, 9.17) is 10.8 Å². The van der Waals surface area contributed by atoms with Gasteiger partial charge >= 0.3 is 65.3 Å². The predicted molar refractivity (Wildman–Crippen MR) is 28.4 cm³/mol. The van der Waals surface area contributed by atoms with Crippen LogP contribution in [-0.4, -0.2) is 24.4 Å². The van der Waals surface area contributed by atoms with Crippen molar-refractivity contribution in [1.29, 1.82) is 0 Å². The van der Waals surface area contributed by atoms with Crippen LogP contribution < -0.4 is 70.3 Å². The Bertz CT molecular complexity index is 89.9. The van der Waals surface area contributed by atoms with Gasteiger partial charge in [-0.25, -0.2) is 4.79 Å². The zero-order chi connectivity index (χ0) is 6.41. The van der Waals surface area contributed by atoms with Crippen molar-refractivity contribution in [3.05, 3.63) is 0 Å². The Kier molecular flexibility index (Phi) is 22.2. The normalized spacial score (nSPS) is 6.90. The first kappa shape index (κ1) is 17.3. The van der Waals surface area contributed by atoms with Crippen LogP contribution in [0.1, 0.15) is 2.85 Å². The van der Waals surface area contributed by atoms with E-state index in [0.29, 0.717) is 13.1 Å². The molecule has 0 rings (SSSR count). The Labute approximate surface area is 106 Å². The Hall–Kier alpha value is 1.19. The van der Waals surface area contributed by atoms with Crippen LogP contribution in [0.5, 0.6) is 0 Å². The van der Waals surface area contributed by atoms with E-state index >= 15 is 0 Å². The Balaban J connectivity index is -0.0000000408. The van der Waals surface area contributed by atoms with E-state index in [1.165, 1.54) is 0 Å². The van der Waals surface area contributed by atoms with E-state index in [2.05, 4.69) is 10.3 Å². The van der Waals surface area contributed by atoms with Crippen LogP contribution in [0.3, 0.4) is 0 Å². The summed E-state index contributed by atoms with van der Waals surface area (Å²) >= 11 is 0. The van der Waals surface area contributed by atoms with Gasteiger partial charge in [0.05, 0.1) is 0 Å². The summed E-state index contributed by atoms with van der Waals surface area (Å²) in [5.41, 5.74) is 7.09. The molecule has 0 amide bonds. The van der Waals surface area contributed by atoms with Crippen LogP contribution in [0.15, 0.2) is 0 Å². The van der Waals surface area contributed by atoms with Crippen LogP contribution in [0.25, 0.3) is 0 Å². The number of nitrogens with one attached hydrogen (secondary N) is 1. The number of carboxylic acid groups (broad SMARTS) is 1. The van der Waals surface area contributed by atoms with Gasteiger partial charge in [0, 0.05) is 13.1 Å². The van der Waals surface area contributed by atoms with Gasteiger partial charge in [-0.05, 0) is 0 Å². The molecule has 0 aromatic heterocycles. The third-order valence-electron chi connectivity index (χ3n) is 0.406. The molecule has 52 valence electrons. The standard InChI is InChI=1S/C3H8N2O3.2Na.2H/c4-1-2-5-8-3(6)7;;;;/h5H,1-2,4H2,(H,6,7);;;;/q;2*+1;2*-1. The molecule has 0 bridgehead atoms. The van der Waals surface area contributed by atoms with Crippen molar-refractivity contribution in [3.63, 3.8) is 0 Å². The maximum atomic E-state index is 9.55. The summed E-state index contributed by atoms with van der Waals surface area (Å²) in [6.45, 7) is 0.694. The van der Waals surface area contributed by atoms with E-state index < -0.39 is 6.16 Å². The van der Waals surface area contributed by atoms with Crippen LogP contribution >= 0.6 is 0 Å². The molecule has 0 aliphatic carbocycles. The topological polar surface area (TPSA) is 84.6 Å². The first-order valence-electron chi connectivity index (χ1n) is 2.10. The first-order valence-corrected chi connectivity index (χ1v) is 2.10. The van der Waals surface area contributed by atoms with Gasteiger partial charge in [0.1, 0.15) is 0 Å². The fraction of sp³-hybridized carbons (Fsp3) is 0.667. The van der Waals surface area contributed by atoms with Gasteiger partial charge in [0.25, 0.3) is 0 Å². The van der Waals surface area contributed by atoms with Gasteiger partial charge in [0.15, 0.2) is 0 Å². The zero-order valence-corrected chi connectivity index (χ0v) is 10.3. The minimum Gasteiger partial charge on any atom is -1.00 e. The van der Waals surface area contributed by atoms with Gasteiger partial charge in [-0.15, -0.1) is 5.48 Å². The summed E-state index contributed by atoms with van der Waals surface area (Å²) in [6, 6.07) is 0. The molecule has 0 atom stereocenters. The number of hydroxylamine groups is 1. The van der Waals surface area contributed by atoms with Gasteiger partial charge in [0.2, 0.25) is 0 Å².